The third-order valence-corrected chi connectivity index (χ3v) is 2.55. The van der Waals surface area contributed by atoms with E-state index in [2.05, 4.69) is 0 Å². The van der Waals surface area contributed by atoms with Crippen LogP contribution in [0.3, 0.4) is 0 Å². The fraction of sp³-hybridized carbons (Fsp3) is 0.400. The molecular weight excluding hydrogens is 728 g/mol. The molecule has 37 heavy (non-hydrogen) atoms. The fourth-order valence-electron chi connectivity index (χ4n) is 1.19. The van der Waals surface area contributed by atoms with Crippen LogP contribution in [0.5, 0.6) is 0 Å². The van der Waals surface area contributed by atoms with Crippen LogP contribution in [0.4, 0.5) is 0 Å². The van der Waals surface area contributed by atoms with Gasteiger partial charge in [-0.15, -0.1) is 0 Å². The number of hydrogen-bond donors (Lipinski definition) is 0. The van der Waals surface area contributed by atoms with Crippen molar-refractivity contribution in [3.05, 3.63) is 0 Å². The Morgan fingerprint density at radius 3 is 0.486 bits per heavy atom. The molecule has 0 fully saturated rings. The molecule has 0 atom stereocenters. The summed E-state index contributed by atoms with van der Waals surface area (Å²) in [4.78, 5) is 119. The Kier molecular flexibility index (Phi) is 28.6. The van der Waals surface area contributed by atoms with Crippen molar-refractivity contribution in [1.82, 2.24) is 0 Å². The first-order valence-electron chi connectivity index (χ1n) is 9.09. The molecule has 0 aliphatic heterocycles. The third kappa shape index (κ3) is 37.3. The molecule has 0 radical (unpaired) electrons. The molecule has 0 aliphatic rings. The van der Waals surface area contributed by atoms with E-state index in [0.29, 0.717) is 0 Å². The number of ketones is 8. The van der Waals surface area contributed by atoms with Crippen molar-refractivity contribution in [2.75, 3.05) is 0 Å². The van der Waals surface area contributed by atoms with Gasteiger partial charge in [0.05, 0.1) is 25.7 Å². The van der Waals surface area contributed by atoms with Crippen LogP contribution in [-0.2, 0) is 57.5 Å². The summed E-state index contributed by atoms with van der Waals surface area (Å²) in [5, 5.41) is 38.5. The molecule has 0 spiro atoms. The van der Waals surface area contributed by atoms with Gasteiger partial charge in [0.25, 0.3) is 0 Å². The number of rotatable bonds is 12. The van der Waals surface area contributed by atoms with E-state index in [0.717, 1.165) is 27.7 Å². The van der Waals surface area contributed by atoms with Gasteiger partial charge in [0, 0.05) is 0 Å². The molecule has 0 saturated carbocycles. The Labute approximate surface area is 240 Å². The van der Waals surface area contributed by atoms with Gasteiger partial charge in [-0.25, -0.2) is 0 Å². The second kappa shape index (κ2) is 24.3. The molecule has 16 nitrogen and oxygen atoms in total. The minimum atomic E-state index is -1.80. The van der Waals surface area contributed by atoms with Crippen LogP contribution in [0.2, 0.25) is 0 Å². The SMILES string of the molecule is CC(=O)CC(=O)C(=O)[O-].CC(=O)CC(=O)C(=O)[O-].CC(=O)CC(=O)C(=O)[O-].CC(=O)CC(=O)C(=O)[O-].[Th+4]. The van der Waals surface area contributed by atoms with E-state index in [1.807, 2.05) is 0 Å². The van der Waals surface area contributed by atoms with Gasteiger partial charge in [0.15, 0.2) is 23.1 Å². The zero-order chi connectivity index (χ0) is 29.8. The summed E-state index contributed by atoms with van der Waals surface area (Å²) in [6.07, 6.45) is -2.27. The Hall–Kier alpha value is -3.44. The maximum absolute atomic E-state index is 10.1. The van der Waals surface area contributed by atoms with Gasteiger partial charge < -0.3 is 39.6 Å². The molecule has 0 saturated heterocycles. The van der Waals surface area contributed by atoms with E-state index in [-0.39, 0.29) is 39.9 Å². The molecular formula is C20H20O16Th. The monoisotopic (exact) mass is 748 g/mol. The molecule has 17 heteroatoms. The van der Waals surface area contributed by atoms with Crippen molar-refractivity contribution < 1.29 is 118 Å². The molecule has 0 unspecified atom stereocenters. The Bertz CT molecular complexity index is 792. The minimum Gasteiger partial charge on any atom is -0.542 e. The number of carboxylic acids is 4. The number of Topliss-reactive ketones (excluding diaryl/α,β-unsaturated/α-hetero) is 8. The number of aliphatic carboxylic acids is 4. The Balaban J connectivity index is -0.000000122. The van der Waals surface area contributed by atoms with Crippen LogP contribution < -0.4 is 20.4 Å². The zero-order valence-electron chi connectivity index (χ0n) is 19.9. The van der Waals surface area contributed by atoms with E-state index < -0.39 is 95.8 Å². The quantitative estimate of drug-likeness (QED) is 0.132. The molecule has 0 N–H and O–H groups in total. The standard InChI is InChI=1S/4C5H6O4.Th/c4*1-3(6)2-4(7)5(8)9;/h4*2H2,1H3,(H,8,9);/q;;;;+4/p-4. The van der Waals surface area contributed by atoms with Crippen molar-refractivity contribution in [3.8, 4) is 0 Å². The smallest absolute Gasteiger partial charge is 0.542 e. The second-order valence-electron chi connectivity index (χ2n) is 6.36. The van der Waals surface area contributed by atoms with Crippen LogP contribution in [0, 0.1) is 39.9 Å². The van der Waals surface area contributed by atoms with Crippen LogP contribution >= 0.6 is 0 Å². The van der Waals surface area contributed by atoms with Gasteiger partial charge in [-0.3, -0.25) is 38.4 Å². The summed E-state index contributed by atoms with van der Waals surface area (Å²) >= 11 is 0. The summed E-state index contributed by atoms with van der Waals surface area (Å²) in [5.74, 6) is -13.7. The molecule has 0 aromatic carbocycles. The third-order valence-electron chi connectivity index (χ3n) is 2.55. The average Bonchev–Trinajstić information content (AvgIpc) is 2.67. The first-order valence-corrected chi connectivity index (χ1v) is 9.09. The number of hydrogen-bond acceptors (Lipinski definition) is 16. The minimum absolute atomic E-state index is 0. The maximum Gasteiger partial charge on any atom is 4.00 e. The maximum atomic E-state index is 10.1. The summed E-state index contributed by atoms with van der Waals surface area (Å²) in [7, 11) is 0. The van der Waals surface area contributed by atoms with E-state index in [1.165, 1.54) is 0 Å². The van der Waals surface area contributed by atoms with Crippen LogP contribution in [-0.4, -0.2) is 70.1 Å². The van der Waals surface area contributed by atoms with Gasteiger partial charge in [0.1, 0.15) is 47.0 Å². The zero-order valence-corrected chi connectivity index (χ0v) is 24.0. The van der Waals surface area contributed by atoms with Gasteiger partial charge >= 0.3 is 39.9 Å². The summed E-state index contributed by atoms with van der Waals surface area (Å²) in [6.45, 7) is 4.56. The molecule has 0 aliphatic carbocycles. The summed E-state index contributed by atoms with van der Waals surface area (Å²) in [5.41, 5.74) is 0. The van der Waals surface area contributed by atoms with Gasteiger partial charge in [-0.1, -0.05) is 0 Å². The molecule has 200 valence electrons. The first-order chi connectivity index (χ1) is 16.1. The van der Waals surface area contributed by atoms with Crippen LogP contribution in [0.15, 0.2) is 0 Å². The van der Waals surface area contributed by atoms with Crippen molar-refractivity contribution in [2.45, 2.75) is 53.4 Å². The second-order valence-corrected chi connectivity index (χ2v) is 6.36. The van der Waals surface area contributed by atoms with Gasteiger partial charge in [-0.2, -0.15) is 0 Å². The van der Waals surface area contributed by atoms with Crippen LogP contribution in [0.1, 0.15) is 53.4 Å². The van der Waals surface area contributed by atoms with Gasteiger partial charge in [0.2, 0.25) is 0 Å². The van der Waals surface area contributed by atoms with E-state index in [9.17, 15) is 78.0 Å². The molecule has 0 bridgehead atoms. The van der Waals surface area contributed by atoms with Crippen molar-refractivity contribution in [3.63, 3.8) is 0 Å². The largest absolute Gasteiger partial charge is 4.00 e. The number of carbonyl (C=O) groups is 12. The molecule has 0 heterocycles. The number of carboxylic acid groups (broad SMARTS) is 4. The Morgan fingerprint density at radius 2 is 0.459 bits per heavy atom. The molecule has 0 aromatic rings. The van der Waals surface area contributed by atoms with Crippen molar-refractivity contribution >= 4 is 70.1 Å². The predicted octanol–water partition coefficient (Wildman–Crippen LogP) is -6.86. The normalized spacial score (nSPS) is 8.32. The number of carbonyl (C=O) groups excluding carboxylic acids is 12. The van der Waals surface area contributed by atoms with Crippen molar-refractivity contribution in [2.24, 2.45) is 0 Å². The predicted molar refractivity (Wildman–Crippen MR) is 101 cm³/mol. The average molecular weight is 748 g/mol. The summed E-state index contributed by atoms with van der Waals surface area (Å²) in [6, 6.07) is 0. The van der Waals surface area contributed by atoms with Gasteiger partial charge in [-0.05, 0) is 27.7 Å². The van der Waals surface area contributed by atoms with E-state index in [4.69, 9.17) is 0 Å². The van der Waals surface area contributed by atoms with E-state index >= 15 is 0 Å². The molecule has 0 aromatic heterocycles. The van der Waals surface area contributed by atoms with Crippen molar-refractivity contribution in [1.29, 1.82) is 0 Å². The van der Waals surface area contributed by atoms with E-state index in [1.54, 1.807) is 0 Å². The van der Waals surface area contributed by atoms with Crippen LogP contribution in [0.25, 0.3) is 0 Å². The topological polar surface area (TPSA) is 297 Å². The molecule has 0 amide bonds. The molecule has 0 rings (SSSR count). The summed E-state index contributed by atoms with van der Waals surface area (Å²) < 4.78 is 0. The Morgan fingerprint density at radius 1 is 0.351 bits per heavy atom. The fourth-order valence-corrected chi connectivity index (χ4v) is 1.19. The first kappa shape index (κ1) is 43.6.